The standard InChI is InChI=1S/C13H24N2O2/c1-4-10(2)11-12(16)15(9-14-11)8-13(3)6-5-7-17-13/h10-11,14H,4-9H2,1-3H3. The maximum Gasteiger partial charge on any atom is 0.241 e. The van der Waals surface area contributed by atoms with E-state index in [1.807, 2.05) is 4.90 Å². The summed E-state index contributed by atoms with van der Waals surface area (Å²) in [4.78, 5) is 14.2. The van der Waals surface area contributed by atoms with Crippen LogP contribution in [0.25, 0.3) is 0 Å². The van der Waals surface area contributed by atoms with Crippen molar-refractivity contribution in [2.75, 3.05) is 19.8 Å². The average molecular weight is 240 g/mol. The Hall–Kier alpha value is -0.610. The van der Waals surface area contributed by atoms with Crippen LogP contribution >= 0.6 is 0 Å². The fraction of sp³-hybridized carbons (Fsp3) is 0.923. The molecule has 0 radical (unpaired) electrons. The fourth-order valence-electron chi connectivity index (χ4n) is 2.75. The van der Waals surface area contributed by atoms with Crippen molar-refractivity contribution in [3.05, 3.63) is 0 Å². The summed E-state index contributed by atoms with van der Waals surface area (Å²) in [6.07, 6.45) is 3.20. The first-order valence-electron chi connectivity index (χ1n) is 6.72. The summed E-state index contributed by atoms with van der Waals surface area (Å²) in [6.45, 7) is 8.61. The molecule has 0 saturated carbocycles. The van der Waals surface area contributed by atoms with Gasteiger partial charge in [-0.15, -0.1) is 0 Å². The Balaban J connectivity index is 1.93. The summed E-state index contributed by atoms with van der Waals surface area (Å²) in [5.74, 6) is 0.654. The molecule has 98 valence electrons. The van der Waals surface area contributed by atoms with Gasteiger partial charge in [0.2, 0.25) is 5.91 Å². The van der Waals surface area contributed by atoms with Crippen molar-refractivity contribution >= 4 is 5.91 Å². The number of hydrogen-bond donors (Lipinski definition) is 1. The van der Waals surface area contributed by atoms with Crippen LogP contribution in [0.1, 0.15) is 40.0 Å². The van der Waals surface area contributed by atoms with Crippen LogP contribution in [0.2, 0.25) is 0 Å². The van der Waals surface area contributed by atoms with Crippen LogP contribution in [0.3, 0.4) is 0 Å². The van der Waals surface area contributed by atoms with Crippen molar-refractivity contribution in [1.82, 2.24) is 10.2 Å². The second-order valence-corrected chi connectivity index (χ2v) is 5.66. The Bertz CT molecular complexity index is 287. The highest BCUT2D eigenvalue weighted by atomic mass is 16.5. The average Bonchev–Trinajstić information content (AvgIpc) is 2.87. The van der Waals surface area contributed by atoms with Gasteiger partial charge in [0.1, 0.15) is 0 Å². The number of ether oxygens (including phenoxy) is 1. The number of hydrogen-bond acceptors (Lipinski definition) is 3. The molecule has 2 fully saturated rings. The van der Waals surface area contributed by atoms with Crippen molar-refractivity contribution in [2.24, 2.45) is 5.92 Å². The molecule has 0 aromatic carbocycles. The van der Waals surface area contributed by atoms with Crippen LogP contribution in [0.5, 0.6) is 0 Å². The predicted octanol–water partition coefficient (Wildman–Crippen LogP) is 1.36. The maximum absolute atomic E-state index is 12.2. The van der Waals surface area contributed by atoms with Crippen LogP contribution in [0, 0.1) is 5.92 Å². The molecule has 0 aromatic rings. The number of carbonyl (C=O) groups is 1. The number of amides is 1. The minimum atomic E-state index is -0.123. The van der Waals surface area contributed by atoms with Crippen LogP contribution in [0.15, 0.2) is 0 Å². The van der Waals surface area contributed by atoms with Gasteiger partial charge < -0.3 is 9.64 Å². The van der Waals surface area contributed by atoms with E-state index in [1.54, 1.807) is 0 Å². The molecule has 0 bridgehead atoms. The molecule has 3 atom stereocenters. The quantitative estimate of drug-likeness (QED) is 0.806. The van der Waals surface area contributed by atoms with Gasteiger partial charge in [-0.3, -0.25) is 10.1 Å². The largest absolute Gasteiger partial charge is 0.373 e. The Labute approximate surface area is 104 Å². The normalized spacial score (nSPS) is 35.6. The second-order valence-electron chi connectivity index (χ2n) is 5.66. The lowest BCUT2D eigenvalue weighted by atomic mass is 9.98. The highest BCUT2D eigenvalue weighted by Crippen LogP contribution is 2.27. The molecule has 2 aliphatic rings. The van der Waals surface area contributed by atoms with Gasteiger partial charge in [-0.2, -0.15) is 0 Å². The molecule has 2 rings (SSSR count). The molecule has 17 heavy (non-hydrogen) atoms. The van der Waals surface area contributed by atoms with E-state index in [0.717, 1.165) is 32.4 Å². The van der Waals surface area contributed by atoms with Gasteiger partial charge in [0.15, 0.2) is 0 Å². The summed E-state index contributed by atoms with van der Waals surface area (Å²) in [5, 5.41) is 3.32. The van der Waals surface area contributed by atoms with Crippen molar-refractivity contribution in [3.8, 4) is 0 Å². The Morgan fingerprint density at radius 1 is 1.65 bits per heavy atom. The van der Waals surface area contributed by atoms with Crippen molar-refractivity contribution in [3.63, 3.8) is 0 Å². The molecule has 4 heteroatoms. The summed E-state index contributed by atoms with van der Waals surface area (Å²) in [6, 6.07) is 0.00463. The van der Waals surface area contributed by atoms with Gasteiger partial charge in [-0.1, -0.05) is 20.3 Å². The van der Waals surface area contributed by atoms with Gasteiger partial charge in [0.05, 0.1) is 24.9 Å². The molecule has 3 unspecified atom stereocenters. The van der Waals surface area contributed by atoms with Crippen molar-refractivity contribution < 1.29 is 9.53 Å². The molecule has 1 amide bonds. The van der Waals surface area contributed by atoms with Gasteiger partial charge in [0.25, 0.3) is 0 Å². The Morgan fingerprint density at radius 2 is 2.41 bits per heavy atom. The molecule has 2 saturated heterocycles. The van der Waals surface area contributed by atoms with Crippen LogP contribution in [-0.4, -0.2) is 42.3 Å². The van der Waals surface area contributed by atoms with Crippen LogP contribution in [-0.2, 0) is 9.53 Å². The molecule has 2 heterocycles. The minimum Gasteiger partial charge on any atom is -0.373 e. The maximum atomic E-state index is 12.2. The highest BCUT2D eigenvalue weighted by Gasteiger charge is 2.39. The van der Waals surface area contributed by atoms with Crippen molar-refractivity contribution in [1.29, 1.82) is 0 Å². The van der Waals surface area contributed by atoms with Crippen LogP contribution < -0.4 is 5.32 Å². The third-order valence-corrected chi connectivity index (χ3v) is 4.12. The smallest absolute Gasteiger partial charge is 0.241 e. The lowest BCUT2D eigenvalue weighted by molar-refractivity contribution is -0.132. The van der Waals surface area contributed by atoms with E-state index in [4.69, 9.17) is 4.74 Å². The van der Waals surface area contributed by atoms with Gasteiger partial charge in [-0.05, 0) is 25.7 Å². The fourth-order valence-corrected chi connectivity index (χ4v) is 2.75. The number of rotatable bonds is 4. The molecule has 4 nitrogen and oxygen atoms in total. The van der Waals surface area contributed by atoms with E-state index in [-0.39, 0.29) is 17.6 Å². The zero-order chi connectivity index (χ0) is 12.5. The molecule has 0 spiro atoms. The van der Waals surface area contributed by atoms with Gasteiger partial charge in [-0.25, -0.2) is 0 Å². The highest BCUT2D eigenvalue weighted by molar-refractivity contribution is 5.84. The summed E-state index contributed by atoms with van der Waals surface area (Å²) in [5.41, 5.74) is -0.123. The first kappa shape index (κ1) is 12.8. The second kappa shape index (κ2) is 4.94. The number of carbonyl (C=O) groups excluding carboxylic acids is 1. The third-order valence-electron chi connectivity index (χ3n) is 4.12. The van der Waals surface area contributed by atoms with E-state index < -0.39 is 0 Å². The monoisotopic (exact) mass is 240 g/mol. The van der Waals surface area contributed by atoms with E-state index in [1.165, 1.54) is 0 Å². The van der Waals surface area contributed by atoms with Gasteiger partial charge in [0, 0.05) is 6.61 Å². The van der Waals surface area contributed by atoms with Crippen LogP contribution in [0.4, 0.5) is 0 Å². The van der Waals surface area contributed by atoms with E-state index in [9.17, 15) is 4.79 Å². The van der Waals surface area contributed by atoms with E-state index in [0.29, 0.717) is 12.6 Å². The number of nitrogens with zero attached hydrogens (tertiary/aromatic N) is 1. The Kier molecular flexibility index (Phi) is 3.73. The summed E-state index contributed by atoms with van der Waals surface area (Å²) < 4.78 is 5.75. The number of nitrogens with one attached hydrogen (secondary N) is 1. The van der Waals surface area contributed by atoms with Crippen molar-refractivity contribution in [2.45, 2.75) is 51.7 Å². The summed E-state index contributed by atoms with van der Waals surface area (Å²) in [7, 11) is 0. The zero-order valence-electron chi connectivity index (χ0n) is 11.2. The first-order chi connectivity index (χ1) is 8.06. The zero-order valence-corrected chi connectivity index (χ0v) is 11.2. The third kappa shape index (κ3) is 2.63. The lowest BCUT2D eigenvalue weighted by Crippen LogP contribution is -2.43. The van der Waals surface area contributed by atoms with E-state index in [2.05, 4.69) is 26.1 Å². The van der Waals surface area contributed by atoms with Gasteiger partial charge >= 0.3 is 0 Å². The topological polar surface area (TPSA) is 41.6 Å². The van der Waals surface area contributed by atoms with E-state index >= 15 is 0 Å². The molecule has 0 aliphatic carbocycles. The predicted molar refractivity (Wildman–Crippen MR) is 66.5 cm³/mol. The lowest BCUT2D eigenvalue weighted by Gasteiger charge is -2.29. The SMILES string of the molecule is CCC(C)C1NCN(CC2(C)CCCO2)C1=O. The molecular formula is C13H24N2O2. The Morgan fingerprint density at radius 3 is 3.00 bits per heavy atom. The minimum absolute atomic E-state index is 0.00463. The first-order valence-corrected chi connectivity index (χ1v) is 6.72. The molecule has 1 N–H and O–H groups in total. The molecule has 2 aliphatic heterocycles. The summed E-state index contributed by atoms with van der Waals surface area (Å²) >= 11 is 0. The molecule has 0 aromatic heterocycles. The molecular weight excluding hydrogens is 216 g/mol.